The third-order valence-electron chi connectivity index (χ3n) is 3.56. The summed E-state index contributed by atoms with van der Waals surface area (Å²) in [5, 5.41) is 31.5. The number of benzene rings is 2. The van der Waals surface area contributed by atoms with Gasteiger partial charge in [0.2, 0.25) is 0 Å². The van der Waals surface area contributed by atoms with Crippen LogP contribution in [0.15, 0.2) is 47.3 Å². The first-order chi connectivity index (χ1) is 12.3. The van der Waals surface area contributed by atoms with Gasteiger partial charge in [-0.1, -0.05) is 0 Å². The van der Waals surface area contributed by atoms with Gasteiger partial charge >= 0.3 is 0 Å². The molecule has 0 atom stereocenters. The minimum absolute atomic E-state index is 0.109. The van der Waals surface area contributed by atoms with Gasteiger partial charge in [-0.15, -0.1) is 0 Å². The number of nitro benzene ring substituents is 2. The third-order valence-corrected chi connectivity index (χ3v) is 3.56. The van der Waals surface area contributed by atoms with Crippen molar-refractivity contribution < 1.29 is 15.0 Å². The van der Waals surface area contributed by atoms with Gasteiger partial charge in [-0.2, -0.15) is 0 Å². The van der Waals surface area contributed by atoms with Gasteiger partial charge in [0.1, 0.15) is 11.5 Å². The molecule has 3 rings (SSSR count). The number of rotatable bonds is 4. The van der Waals surface area contributed by atoms with E-state index in [1.54, 1.807) is 0 Å². The highest BCUT2D eigenvalue weighted by Crippen LogP contribution is 2.20. The van der Waals surface area contributed by atoms with E-state index in [2.05, 4.69) is 9.97 Å². The van der Waals surface area contributed by atoms with Crippen molar-refractivity contribution in [3.8, 4) is 0 Å². The maximum atomic E-state index is 12.1. The van der Waals surface area contributed by atoms with Crippen LogP contribution in [-0.4, -0.2) is 24.9 Å². The lowest BCUT2D eigenvalue weighted by atomic mass is 10.1. The summed E-state index contributed by atoms with van der Waals surface area (Å²) in [6.45, 7) is 0. The standard InChI is InChI=1S/C16H10N4O6/c21-15(9-1-3-10(4-2-9)19(23)24)8-14-16(22)18-13-7-11(20(25)26)5-6-12(13)17-14/h1-8,21H,(H,18,22)/b15-8-. The molecule has 0 saturated heterocycles. The topological polar surface area (TPSA) is 152 Å². The molecule has 0 aliphatic carbocycles. The molecule has 130 valence electrons. The maximum absolute atomic E-state index is 12.1. The van der Waals surface area contributed by atoms with Crippen LogP contribution in [0.1, 0.15) is 11.3 Å². The van der Waals surface area contributed by atoms with Gasteiger partial charge in [-0.25, -0.2) is 4.98 Å². The van der Waals surface area contributed by atoms with Gasteiger partial charge in [-0.3, -0.25) is 25.0 Å². The molecule has 26 heavy (non-hydrogen) atoms. The van der Waals surface area contributed by atoms with Crippen molar-refractivity contribution in [3.63, 3.8) is 0 Å². The number of non-ortho nitro benzene ring substituents is 2. The number of H-pyrrole nitrogens is 1. The molecular formula is C16H10N4O6. The summed E-state index contributed by atoms with van der Waals surface area (Å²) in [4.78, 5) is 38.9. The Hall–Kier alpha value is -4.08. The van der Waals surface area contributed by atoms with E-state index in [9.17, 15) is 30.1 Å². The second-order valence-electron chi connectivity index (χ2n) is 5.24. The average Bonchev–Trinajstić information content (AvgIpc) is 2.61. The van der Waals surface area contributed by atoms with Crippen molar-refractivity contribution in [3.05, 3.63) is 84.3 Å². The zero-order valence-electron chi connectivity index (χ0n) is 12.9. The highest BCUT2D eigenvalue weighted by molar-refractivity contribution is 5.80. The minimum Gasteiger partial charge on any atom is -0.507 e. The molecule has 0 radical (unpaired) electrons. The second-order valence-corrected chi connectivity index (χ2v) is 5.24. The summed E-state index contributed by atoms with van der Waals surface area (Å²) in [7, 11) is 0. The Morgan fingerprint density at radius 3 is 2.27 bits per heavy atom. The predicted molar refractivity (Wildman–Crippen MR) is 92.6 cm³/mol. The first-order valence-corrected chi connectivity index (χ1v) is 7.19. The lowest BCUT2D eigenvalue weighted by molar-refractivity contribution is -0.385. The second kappa shape index (κ2) is 6.43. The number of aromatic nitrogens is 2. The van der Waals surface area contributed by atoms with Crippen molar-refractivity contribution in [1.82, 2.24) is 9.97 Å². The molecule has 1 heterocycles. The number of nitro groups is 2. The van der Waals surface area contributed by atoms with E-state index in [-0.39, 0.29) is 33.9 Å². The molecule has 1 aromatic heterocycles. The average molecular weight is 354 g/mol. The Bertz CT molecular complexity index is 1120. The summed E-state index contributed by atoms with van der Waals surface area (Å²) in [6.07, 6.45) is 1.11. The molecule has 0 aliphatic rings. The van der Waals surface area contributed by atoms with E-state index >= 15 is 0 Å². The fourth-order valence-electron chi connectivity index (χ4n) is 2.27. The fraction of sp³-hybridized carbons (Fsp3) is 0. The molecule has 0 aliphatic heterocycles. The third kappa shape index (κ3) is 3.24. The van der Waals surface area contributed by atoms with Crippen LogP contribution in [0.4, 0.5) is 11.4 Å². The monoisotopic (exact) mass is 354 g/mol. The summed E-state index contributed by atoms with van der Waals surface area (Å²) in [5.74, 6) is -0.306. The molecule has 0 fully saturated rings. The van der Waals surface area contributed by atoms with Crippen LogP contribution in [0.3, 0.4) is 0 Å². The van der Waals surface area contributed by atoms with Crippen LogP contribution in [0.5, 0.6) is 0 Å². The van der Waals surface area contributed by atoms with Gasteiger partial charge in [0.25, 0.3) is 16.9 Å². The zero-order chi connectivity index (χ0) is 18.8. The summed E-state index contributed by atoms with van der Waals surface area (Å²) >= 11 is 0. The van der Waals surface area contributed by atoms with Crippen molar-refractivity contribution in [1.29, 1.82) is 0 Å². The van der Waals surface area contributed by atoms with Crippen molar-refractivity contribution in [2.45, 2.75) is 0 Å². The molecule has 0 bridgehead atoms. The van der Waals surface area contributed by atoms with E-state index in [4.69, 9.17) is 0 Å². The smallest absolute Gasteiger partial charge is 0.274 e. The summed E-state index contributed by atoms with van der Waals surface area (Å²) in [5.41, 5.74) is -0.319. The number of aliphatic hydroxyl groups is 1. The van der Waals surface area contributed by atoms with E-state index < -0.39 is 15.4 Å². The Morgan fingerprint density at radius 1 is 1.04 bits per heavy atom. The highest BCUT2D eigenvalue weighted by atomic mass is 16.6. The summed E-state index contributed by atoms with van der Waals surface area (Å²) < 4.78 is 0. The van der Waals surface area contributed by atoms with E-state index in [0.717, 1.165) is 6.08 Å². The molecule has 0 amide bonds. The Morgan fingerprint density at radius 2 is 1.65 bits per heavy atom. The van der Waals surface area contributed by atoms with Crippen LogP contribution >= 0.6 is 0 Å². The predicted octanol–water partition coefficient (Wildman–Crippen LogP) is 2.80. The number of aliphatic hydroxyl groups excluding tert-OH is 1. The van der Waals surface area contributed by atoms with Crippen molar-refractivity contribution in [2.75, 3.05) is 0 Å². The van der Waals surface area contributed by atoms with E-state index in [1.807, 2.05) is 0 Å². The van der Waals surface area contributed by atoms with Crippen molar-refractivity contribution >= 4 is 34.2 Å². The Balaban J connectivity index is 2.01. The Labute approximate surface area is 144 Å². The SMILES string of the molecule is O=c1[nH]c2cc([N+](=O)[O-])ccc2nc1/C=C(\O)c1ccc([N+](=O)[O-])cc1. The molecule has 0 unspecified atom stereocenters. The molecule has 0 saturated carbocycles. The van der Waals surface area contributed by atoms with Gasteiger partial charge < -0.3 is 10.1 Å². The highest BCUT2D eigenvalue weighted by Gasteiger charge is 2.11. The molecule has 10 heteroatoms. The maximum Gasteiger partial charge on any atom is 0.274 e. The first-order valence-electron chi connectivity index (χ1n) is 7.19. The number of hydrogen-bond donors (Lipinski definition) is 2. The van der Waals surface area contributed by atoms with Crippen LogP contribution < -0.4 is 5.56 Å². The normalized spacial score (nSPS) is 11.5. The number of hydrogen-bond acceptors (Lipinski definition) is 7. The largest absolute Gasteiger partial charge is 0.507 e. The van der Waals surface area contributed by atoms with E-state index in [0.29, 0.717) is 5.52 Å². The first kappa shape index (κ1) is 16.8. The summed E-state index contributed by atoms with van der Waals surface area (Å²) in [6, 6.07) is 8.92. The van der Waals surface area contributed by atoms with Gasteiger partial charge in [0.05, 0.1) is 20.9 Å². The van der Waals surface area contributed by atoms with Crippen LogP contribution in [0.25, 0.3) is 22.9 Å². The lowest BCUT2D eigenvalue weighted by Crippen LogP contribution is -2.12. The lowest BCUT2D eigenvalue weighted by Gasteiger charge is -2.02. The zero-order valence-corrected chi connectivity index (χ0v) is 12.9. The number of nitrogens with zero attached hydrogens (tertiary/aromatic N) is 3. The molecule has 2 N–H and O–H groups in total. The van der Waals surface area contributed by atoms with Gasteiger partial charge in [-0.05, 0) is 18.2 Å². The van der Waals surface area contributed by atoms with Crippen LogP contribution in [-0.2, 0) is 0 Å². The van der Waals surface area contributed by atoms with Gasteiger partial charge in [0, 0.05) is 35.9 Å². The van der Waals surface area contributed by atoms with Crippen LogP contribution in [0, 0.1) is 20.2 Å². The van der Waals surface area contributed by atoms with E-state index in [1.165, 1.54) is 42.5 Å². The van der Waals surface area contributed by atoms with Gasteiger partial charge in [0.15, 0.2) is 0 Å². The molecule has 10 nitrogen and oxygen atoms in total. The Kier molecular flexibility index (Phi) is 4.15. The number of aromatic amines is 1. The van der Waals surface area contributed by atoms with Crippen molar-refractivity contribution in [2.24, 2.45) is 0 Å². The molecule has 3 aromatic rings. The van der Waals surface area contributed by atoms with Crippen LogP contribution in [0.2, 0.25) is 0 Å². The quantitative estimate of drug-likeness (QED) is 0.415. The molecule has 0 spiro atoms. The molecular weight excluding hydrogens is 344 g/mol. The number of fused-ring (bicyclic) bond motifs is 1. The fourth-order valence-corrected chi connectivity index (χ4v) is 2.27. The number of nitrogens with one attached hydrogen (secondary N) is 1. The minimum atomic E-state index is -0.647. The molecule has 2 aromatic carbocycles.